The quantitative estimate of drug-likeness (QED) is 0.481. The van der Waals surface area contributed by atoms with Crippen molar-refractivity contribution < 1.29 is 27.6 Å². The summed E-state index contributed by atoms with van der Waals surface area (Å²) in [7, 11) is -4.35. The van der Waals surface area contributed by atoms with Gasteiger partial charge in [0.25, 0.3) is 0 Å². The van der Waals surface area contributed by atoms with Crippen molar-refractivity contribution in [3.63, 3.8) is 0 Å². The summed E-state index contributed by atoms with van der Waals surface area (Å²) >= 11 is 0. The number of aliphatic hydroxyl groups excluding tert-OH is 1. The number of rotatable bonds is 2. The lowest BCUT2D eigenvalue weighted by molar-refractivity contribution is -0.135. The van der Waals surface area contributed by atoms with Crippen LogP contribution in [0.15, 0.2) is 0 Å². The van der Waals surface area contributed by atoms with E-state index in [9.17, 15) is 13.5 Å². The smallest absolute Gasteiger partial charge is 0.333 e. The molecule has 14 heavy (non-hydrogen) atoms. The highest BCUT2D eigenvalue weighted by atomic mass is 32.2. The first-order chi connectivity index (χ1) is 6.46. The monoisotopic (exact) mass is 225 g/mol. The van der Waals surface area contributed by atoms with E-state index in [1.807, 2.05) is 4.72 Å². The standard InChI is InChI=1S/C6H11NO6S/c8-4-1-3-2-12-6(13-3)5(4)7-14(9,10)11/h3-8H,1-2H2,(H,9,10,11)/t3?,4-,5?,6?/m0/s1. The van der Waals surface area contributed by atoms with Crippen LogP contribution in [0.1, 0.15) is 6.42 Å². The molecule has 0 spiro atoms. The van der Waals surface area contributed by atoms with Crippen molar-refractivity contribution >= 4 is 10.3 Å². The van der Waals surface area contributed by atoms with Crippen molar-refractivity contribution in [2.75, 3.05) is 6.61 Å². The molecule has 7 nitrogen and oxygen atoms in total. The number of ether oxygens (including phenoxy) is 2. The minimum absolute atomic E-state index is 0.186. The topological polar surface area (TPSA) is 105 Å². The fourth-order valence-corrected chi connectivity index (χ4v) is 2.30. The lowest BCUT2D eigenvalue weighted by atomic mass is 10.0. The van der Waals surface area contributed by atoms with E-state index >= 15 is 0 Å². The first-order valence-electron chi connectivity index (χ1n) is 4.15. The molecule has 0 amide bonds. The Morgan fingerprint density at radius 2 is 2.14 bits per heavy atom. The number of nitrogens with one attached hydrogen (secondary N) is 1. The summed E-state index contributed by atoms with van der Waals surface area (Å²) in [4.78, 5) is 0. The SMILES string of the molecule is O=S(=O)(O)NC1C2OCC(C[C@@H]1O)O2. The lowest BCUT2D eigenvalue weighted by Crippen LogP contribution is -2.54. The maximum Gasteiger partial charge on any atom is 0.333 e. The molecule has 2 bridgehead atoms. The highest BCUT2D eigenvalue weighted by Crippen LogP contribution is 2.27. The second kappa shape index (κ2) is 3.40. The predicted octanol–water partition coefficient (Wildman–Crippen LogP) is -1.75. The summed E-state index contributed by atoms with van der Waals surface area (Å²) in [6.45, 7) is 0.339. The van der Waals surface area contributed by atoms with Crippen molar-refractivity contribution in [3.8, 4) is 0 Å². The summed E-state index contributed by atoms with van der Waals surface area (Å²) in [6, 6.07) is -0.941. The van der Waals surface area contributed by atoms with Gasteiger partial charge in [-0.1, -0.05) is 0 Å². The minimum atomic E-state index is -4.35. The number of fused-ring (bicyclic) bond motifs is 2. The maximum absolute atomic E-state index is 10.5. The van der Waals surface area contributed by atoms with E-state index in [0.717, 1.165) is 0 Å². The molecule has 0 aromatic heterocycles. The summed E-state index contributed by atoms with van der Waals surface area (Å²) in [5, 5.41) is 9.52. The highest BCUT2D eigenvalue weighted by Gasteiger charge is 2.44. The largest absolute Gasteiger partial charge is 0.391 e. The van der Waals surface area contributed by atoms with Crippen molar-refractivity contribution in [2.24, 2.45) is 0 Å². The van der Waals surface area contributed by atoms with Crippen LogP contribution in [-0.2, 0) is 19.8 Å². The molecule has 0 aromatic carbocycles. The Kier molecular flexibility index (Phi) is 2.50. The maximum atomic E-state index is 10.5. The summed E-state index contributed by atoms with van der Waals surface area (Å²) < 4.78 is 41.8. The van der Waals surface area contributed by atoms with Crippen LogP contribution in [0, 0.1) is 0 Å². The molecule has 2 rings (SSSR count). The molecule has 4 atom stereocenters. The zero-order chi connectivity index (χ0) is 10.3. The van der Waals surface area contributed by atoms with Crippen LogP contribution in [0.2, 0.25) is 0 Å². The normalized spacial score (nSPS) is 42.7. The van der Waals surface area contributed by atoms with Gasteiger partial charge in [-0.2, -0.15) is 13.1 Å². The van der Waals surface area contributed by atoms with Gasteiger partial charge in [0.05, 0.1) is 18.8 Å². The Morgan fingerprint density at radius 3 is 2.79 bits per heavy atom. The van der Waals surface area contributed by atoms with Gasteiger partial charge in [-0.15, -0.1) is 0 Å². The molecule has 8 heteroatoms. The zero-order valence-corrected chi connectivity index (χ0v) is 7.98. The third kappa shape index (κ3) is 2.05. The van der Waals surface area contributed by atoms with E-state index in [1.54, 1.807) is 0 Å². The van der Waals surface area contributed by atoms with Gasteiger partial charge in [0, 0.05) is 6.42 Å². The van der Waals surface area contributed by atoms with Crippen molar-refractivity contribution in [1.82, 2.24) is 4.72 Å². The Balaban J connectivity index is 2.09. The third-order valence-electron chi connectivity index (χ3n) is 2.27. The van der Waals surface area contributed by atoms with E-state index in [2.05, 4.69) is 0 Å². The van der Waals surface area contributed by atoms with E-state index in [4.69, 9.17) is 14.0 Å². The van der Waals surface area contributed by atoms with Crippen molar-refractivity contribution in [1.29, 1.82) is 0 Å². The molecular formula is C6H11NO6S. The summed E-state index contributed by atoms with van der Waals surface area (Å²) in [6.07, 6.45) is -1.60. The Bertz CT molecular complexity index is 316. The van der Waals surface area contributed by atoms with Crippen LogP contribution < -0.4 is 4.72 Å². The molecule has 3 unspecified atom stereocenters. The third-order valence-corrected chi connectivity index (χ3v) is 2.84. The van der Waals surface area contributed by atoms with Gasteiger partial charge < -0.3 is 14.6 Å². The van der Waals surface area contributed by atoms with Gasteiger partial charge in [-0.25, -0.2) is 0 Å². The molecule has 0 saturated carbocycles. The van der Waals surface area contributed by atoms with Crippen LogP contribution in [0.5, 0.6) is 0 Å². The molecule has 2 saturated heterocycles. The highest BCUT2D eigenvalue weighted by molar-refractivity contribution is 7.83. The van der Waals surface area contributed by atoms with Crippen LogP contribution >= 0.6 is 0 Å². The minimum Gasteiger partial charge on any atom is -0.391 e. The second-order valence-electron chi connectivity index (χ2n) is 3.38. The van der Waals surface area contributed by atoms with Crippen molar-refractivity contribution in [3.05, 3.63) is 0 Å². The molecule has 0 aromatic rings. The molecular weight excluding hydrogens is 214 g/mol. The van der Waals surface area contributed by atoms with E-state index in [0.29, 0.717) is 13.0 Å². The number of hydrogen-bond acceptors (Lipinski definition) is 5. The molecule has 2 aliphatic heterocycles. The molecule has 0 aliphatic carbocycles. The fourth-order valence-electron chi connectivity index (χ4n) is 1.69. The zero-order valence-electron chi connectivity index (χ0n) is 7.16. The summed E-state index contributed by atoms with van der Waals surface area (Å²) in [5.41, 5.74) is 0. The van der Waals surface area contributed by atoms with E-state index < -0.39 is 28.7 Å². The average Bonchev–Trinajstić information content (AvgIpc) is 2.41. The average molecular weight is 225 g/mol. The Morgan fingerprint density at radius 1 is 1.43 bits per heavy atom. The van der Waals surface area contributed by atoms with Gasteiger partial charge in [-0.05, 0) is 0 Å². The molecule has 2 aliphatic rings. The second-order valence-corrected chi connectivity index (χ2v) is 4.57. The fraction of sp³-hybridized carbons (Fsp3) is 1.00. The molecule has 2 fully saturated rings. The van der Waals surface area contributed by atoms with Crippen molar-refractivity contribution in [2.45, 2.75) is 31.0 Å². The van der Waals surface area contributed by atoms with Crippen LogP contribution in [0.4, 0.5) is 0 Å². The first kappa shape index (κ1) is 10.3. The molecule has 0 radical (unpaired) electrons. The van der Waals surface area contributed by atoms with Crippen LogP contribution in [0.25, 0.3) is 0 Å². The van der Waals surface area contributed by atoms with E-state index in [1.165, 1.54) is 0 Å². The Labute approximate surface area is 80.9 Å². The predicted molar refractivity (Wildman–Crippen MR) is 43.7 cm³/mol. The number of hydrogen-bond donors (Lipinski definition) is 3. The first-order valence-corrected chi connectivity index (χ1v) is 5.59. The van der Waals surface area contributed by atoms with Gasteiger partial charge in [0.1, 0.15) is 6.04 Å². The van der Waals surface area contributed by atoms with E-state index in [-0.39, 0.29) is 6.10 Å². The Hall–Kier alpha value is -0.250. The van der Waals surface area contributed by atoms with Crippen LogP contribution in [-0.4, -0.2) is 49.2 Å². The lowest BCUT2D eigenvalue weighted by Gasteiger charge is -2.31. The van der Waals surface area contributed by atoms with Gasteiger partial charge >= 0.3 is 10.3 Å². The number of aliphatic hydroxyl groups is 1. The molecule has 82 valence electrons. The van der Waals surface area contributed by atoms with Gasteiger partial charge in [0.2, 0.25) is 0 Å². The van der Waals surface area contributed by atoms with Crippen LogP contribution in [0.3, 0.4) is 0 Å². The van der Waals surface area contributed by atoms with Gasteiger partial charge in [-0.3, -0.25) is 4.55 Å². The van der Waals surface area contributed by atoms with Gasteiger partial charge in [0.15, 0.2) is 6.29 Å². The molecule has 3 N–H and O–H groups in total. The summed E-state index contributed by atoms with van der Waals surface area (Å²) in [5.74, 6) is 0. The molecule has 2 heterocycles.